The van der Waals surface area contributed by atoms with E-state index in [0.717, 1.165) is 57.1 Å². The third-order valence-corrected chi connectivity index (χ3v) is 11.7. The van der Waals surface area contributed by atoms with Gasteiger partial charge < -0.3 is 68.6 Å². The van der Waals surface area contributed by atoms with Gasteiger partial charge in [-0.3, -0.25) is 14.4 Å². The highest BCUT2D eigenvalue weighted by Gasteiger charge is 2.35. The zero-order chi connectivity index (χ0) is 49.0. The van der Waals surface area contributed by atoms with E-state index in [2.05, 4.69) is 39.0 Å². The quantitative estimate of drug-likeness (QED) is 0.0419. The number of hydrogen-bond donors (Lipinski definition) is 4. The molecule has 0 spiro atoms. The van der Waals surface area contributed by atoms with Crippen LogP contribution >= 0.6 is 11.8 Å². The molecule has 0 radical (unpaired) electrons. The van der Waals surface area contributed by atoms with Crippen LogP contribution in [-0.2, 0) is 42.7 Å². The molecule has 17 nitrogen and oxygen atoms in total. The van der Waals surface area contributed by atoms with Gasteiger partial charge in [-0.15, -0.1) is 37.0 Å². The number of unbranched alkanes of at least 4 members (excludes halogenated alkanes) is 5. The van der Waals surface area contributed by atoms with Crippen LogP contribution in [0.5, 0.6) is 17.2 Å². The summed E-state index contributed by atoms with van der Waals surface area (Å²) in [4.78, 5) is 36.3. The molecular formula is C50H78N4O13S. The number of nitrogens with one attached hydrogen (secondary N) is 4. The highest BCUT2D eigenvalue weighted by molar-refractivity contribution is 8.00. The number of likely N-dealkylation sites (N-methyl/N-ethyl adjacent to an activating group) is 1. The van der Waals surface area contributed by atoms with Gasteiger partial charge in [-0.1, -0.05) is 6.42 Å². The molecule has 1 heterocycles. The topological polar surface area (TPSA) is 192 Å². The Kier molecular flexibility index (Phi) is 37.7. The smallest absolute Gasteiger partial charge is 0.251 e. The first kappa shape index (κ1) is 59.9. The second-order valence-corrected chi connectivity index (χ2v) is 16.6. The Morgan fingerprint density at radius 2 is 1.10 bits per heavy atom. The van der Waals surface area contributed by atoms with Crippen molar-refractivity contribution >= 4 is 30.0 Å². The van der Waals surface area contributed by atoms with Crippen molar-refractivity contribution in [3.8, 4) is 54.3 Å². The summed E-state index contributed by atoms with van der Waals surface area (Å²) in [5.74, 6) is 9.70. The summed E-state index contributed by atoms with van der Waals surface area (Å²) in [5, 5.41) is 12.3. The summed E-state index contributed by atoms with van der Waals surface area (Å²) in [6.45, 7) is 7.68. The number of hydrogen-bond acceptors (Lipinski definition) is 15. The molecule has 382 valence electrons. The zero-order valence-electron chi connectivity index (χ0n) is 40.3. The largest absolute Gasteiger partial charge is 0.490 e. The van der Waals surface area contributed by atoms with E-state index in [1.54, 1.807) is 12.1 Å². The van der Waals surface area contributed by atoms with Crippen molar-refractivity contribution in [2.75, 3.05) is 138 Å². The van der Waals surface area contributed by atoms with Gasteiger partial charge >= 0.3 is 0 Å². The van der Waals surface area contributed by atoms with Gasteiger partial charge in [0, 0.05) is 61.4 Å². The monoisotopic (exact) mass is 975 g/mol. The molecule has 3 amide bonds. The fourth-order valence-corrected chi connectivity index (χ4v) is 8.20. The lowest BCUT2D eigenvalue weighted by atomic mass is 10.0. The molecule has 1 aromatic carbocycles. The number of rotatable bonds is 46. The van der Waals surface area contributed by atoms with Gasteiger partial charge in [0.05, 0.1) is 118 Å². The molecule has 4 N–H and O–H groups in total. The van der Waals surface area contributed by atoms with E-state index < -0.39 is 0 Å². The number of carbonyl (C=O) groups excluding carboxylic acids is 3. The molecule has 3 atom stereocenters. The molecule has 0 saturated carbocycles. The van der Waals surface area contributed by atoms with Crippen molar-refractivity contribution in [1.29, 1.82) is 0 Å². The van der Waals surface area contributed by atoms with Crippen LogP contribution in [0.2, 0.25) is 0 Å². The van der Waals surface area contributed by atoms with Gasteiger partial charge in [-0.25, -0.2) is 0 Å². The van der Waals surface area contributed by atoms with Crippen LogP contribution in [-0.4, -0.2) is 174 Å². The highest BCUT2D eigenvalue weighted by atomic mass is 32.2. The highest BCUT2D eigenvalue weighted by Crippen LogP contribution is 2.39. The Morgan fingerprint density at radius 1 is 0.618 bits per heavy atom. The van der Waals surface area contributed by atoms with E-state index in [1.165, 1.54) is 0 Å². The van der Waals surface area contributed by atoms with E-state index >= 15 is 0 Å². The van der Waals surface area contributed by atoms with Crippen LogP contribution in [0, 0.1) is 37.0 Å². The van der Waals surface area contributed by atoms with Gasteiger partial charge in [-0.2, -0.15) is 11.8 Å². The van der Waals surface area contributed by atoms with Crippen molar-refractivity contribution in [2.45, 2.75) is 88.0 Å². The Morgan fingerprint density at radius 3 is 1.60 bits per heavy atom. The first-order chi connectivity index (χ1) is 33.5. The first-order valence-corrected chi connectivity index (χ1v) is 25.0. The van der Waals surface area contributed by atoms with E-state index in [0.29, 0.717) is 166 Å². The Balaban J connectivity index is 1.41. The molecular weight excluding hydrogens is 897 g/mol. The summed E-state index contributed by atoms with van der Waals surface area (Å²) < 4.78 is 57.0. The molecule has 0 aliphatic carbocycles. The Hall–Kier alpha value is -4.26. The van der Waals surface area contributed by atoms with Crippen LogP contribution < -0.4 is 35.5 Å². The third kappa shape index (κ3) is 29.6. The van der Waals surface area contributed by atoms with Crippen LogP contribution in [0.25, 0.3) is 0 Å². The fourth-order valence-electron chi connectivity index (χ4n) is 6.56. The fraction of sp³-hybridized carbons (Fsp3) is 0.700. The molecule has 1 fully saturated rings. The molecule has 1 saturated heterocycles. The van der Waals surface area contributed by atoms with Gasteiger partial charge in [0.1, 0.15) is 0 Å². The van der Waals surface area contributed by atoms with E-state index in [-0.39, 0.29) is 37.0 Å². The summed E-state index contributed by atoms with van der Waals surface area (Å²) in [6.07, 6.45) is 25.0. The summed E-state index contributed by atoms with van der Waals surface area (Å²) in [5.41, 5.74) is 0.351. The molecule has 0 aromatic heterocycles. The minimum absolute atomic E-state index is 0.0241. The minimum Gasteiger partial charge on any atom is -0.490 e. The van der Waals surface area contributed by atoms with Gasteiger partial charge in [-0.05, 0) is 57.7 Å². The lowest BCUT2D eigenvalue weighted by molar-refractivity contribution is -0.121. The lowest BCUT2D eigenvalue weighted by Gasteiger charge is -2.22. The standard InChI is InChI=1S/C50H78N4O13S/c1-5-8-11-15-22-66-45-39-42(38-44(65-21-10-7-3)49(45)67-23-16-12-9-6-2)50(57)53-20-25-59-27-29-61-31-33-63-35-37-64-36-34-62-32-30-60-28-26-58-24-19-52-47(56)18-14-13-17-46-48(54-41-55)43(51-4)40-68-46/h1-3,38-39,41,43,46,48,51H,8-37,40H2,4H3,(H,52,56)(H,53,57)(H,54,55). The third-order valence-electron chi connectivity index (χ3n) is 10.2. The molecule has 2 rings (SSSR count). The van der Waals surface area contributed by atoms with Crippen molar-refractivity contribution < 1.29 is 61.8 Å². The molecule has 18 heteroatoms. The van der Waals surface area contributed by atoms with Gasteiger partial charge in [0.25, 0.3) is 5.91 Å². The second-order valence-electron chi connectivity index (χ2n) is 15.3. The van der Waals surface area contributed by atoms with Crippen LogP contribution in [0.15, 0.2) is 12.1 Å². The number of benzene rings is 1. The van der Waals surface area contributed by atoms with Crippen LogP contribution in [0.3, 0.4) is 0 Å². The SMILES string of the molecule is C#CCCCCOc1cc(C(=O)NCCOCCOCCOCCOCCOCCOCCOCCNC(=O)CCCCC2SCC(NC)C2NC=O)cc(OCCC#C)c1OCCCCC#C. The Bertz CT molecular complexity index is 1600. The second kappa shape index (κ2) is 42.8. The van der Waals surface area contributed by atoms with Crippen molar-refractivity contribution in [3.05, 3.63) is 17.7 Å². The number of terminal acetylenes is 3. The van der Waals surface area contributed by atoms with E-state index in [4.69, 9.17) is 66.6 Å². The number of thioether (sulfide) groups is 1. The van der Waals surface area contributed by atoms with E-state index in [1.807, 2.05) is 18.8 Å². The van der Waals surface area contributed by atoms with Crippen LogP contribution in [0.4, 0.5) is 0 Å². The summed E-state index contributed by atoms with van der Waals surface area (Å²) in [6, 6.07) is 3.70. The molecule has 68 heavy (non-hydrogen) atoms. The summed E-state index contributed by atoms with van der Waals surface area (Å²) in [7, 11) is 1.92. The van der Waals surface area contributed by atoms with Crippen molar-refractivity contribution in [2.24, 2.45) is 0 Å². The van der Waals surface area contributed by atoms with Gasteiger partial charge in [0.2, 0.25) is 18.1 Å². The maximum Gasteiger partial charge on any atom is 0.251 e. The maximum atomic E-state index is 13.2. The van der Waals surface area contributed by atoms with E-state index in [9.17, 15) is 14.4 Å². The lowest BCUT2D eigenvalue weighted by Crippen LogP contribution is -2.48. The molecule has 1 aliphatic rings. The predicted molar refractivity (Wildman–Crippen MR) is 263 cm³/mol. The molecule has 1 aromatic rings. The molecule has 0 bridgehead atoms. The number of amides is 3. The molecule has 3 unspecified atom stereocenters. The first-order valence-electron chi connectivity index (χ1n) is 23.9. The van der Waals surface area contributed by atoms with Crippen molar-refractivity contribution in [1.82, 2.24) is 21.3 Å². The average molecular weight is 975 g/mol. The zero-order valence-corrected chi connectivity index (χ0v) is 41.1. The maximum absolute atomic E-state index is 13.2. The molecule has 1 aliphatic heterocycles. The number of ether oxygens (including phenoxy) is 10. The number of carbonyl (C=O) groups is 3. The van der Waals surface area contributed by atoms with Gasteiger partial charge in [0.15, 0.2) is 11.5 Å². The normalized spacial score (nSPS) is 15.2. The predicted octanol–water partition coefficient (Wildman–Crippen LogP) is 3.79. The Labute approximate surface area is 409 Å². The van der Waals surface area contributed by atoms with Crippen molar-refractivity contribution in [3.63, 3.8) is 0 Å². The summed E-state index contributed by atoms with van der Waals surface area (Å²) >= 11 is 1.88. The average Bonchev–Trinajstić information content (AvgIpc) is 3.74. The minimum atomic E-state index is -0.316. The van der Waals surface area contributed by atoms with Crippen LogP contribution in [0.1, 0.15) is 81.0 Å².